The van der Waals surface area contributed by atoms with Crippen molar-refractivity contribution in [1.82, 2.24) is 4.98 Å². The molecule has 2 N–H and O–H groups in total. The van der Waals surface area contributed by atoms with Crippen molar-refractivity contribution in [2.24, 2.45) is 0 Å². The molecule has 0 bridgehead atoms. The van der Waals surface area contributed by atoms with Crippen molar-refractivity contribution >= 4 is 17.4 Å². The van der Waals surface area contributed by atoms with E-state index in [-0.39, 0.29) is 5.82 Å². The fourth-order valence-electron chi connectivity index (χ4n) is 0.740. The van der Waals surface area contributed by atoms with E-state index in [0.29, 0.717) is 16.1 Å². The molecule has 1 rings (SSSR count). The van der Waals surface area contributed by atoms with Crippen LogP contribution in [0.15, 0.2) is 6.20 Å². The van der Waals surface area contributed by atoms with E-state index < -0.39 is 0 Å². The predicted octanol–water partition coefficient (Wildman–Crippen LogP) is 1.50. The van der Waals surface area contributed by atoms with E-state index in [2.05, 4.69) is 4.98 Å². The fourth-order valence-corrected chi connectivity index (χ4v) is 0.884. The van der Waals surface area contributed by atoms with Crippen molar-refractivity contribution in [3.63, 3.8) is 0 Å². The lowest BCUT2D eigenvalue weighted by Crippen LogP contribution is -1.96. The van der Waals surface area contributed by atoms with Gasteiger partial charge in [0.25, 0.3) is 0 Å². The van der Waals surface area contributed by atoms with Crippen LogP contribution in [0.3, 0.4) is 0 Å². The van der Waals surface area contributed by atoms with Crippen molar-refractivity contribution in [1.29, 1.82) is 5.26 Å². The Bertz CT molecular complexity index is 327. The lowest BCUT2D eigenvalue weighted by molar-refractivity contribution is 1.26. The van der Waals surface area contributed by atoms with Gasteiger partial charge in [0.2, 0.25) is 0 Å². The molecule has 0 spiro atoms. The number of nitriles is 1. The summed E-state index contributed by atoms with van der Waals surface area (Å²) >= 11 is 5.70. The van der Waals surface area contributed by atoms with E-state index >= 15 is 0 Å². The van der Waals surface area contributed by atoms with Crippen LogP contribution in [0, 0.1) is 18.3 Å². The molecule has 0 aliphatic carbocycles. The third-order valence-electron chi connectivity index (χ3n) is 1.42. The molecule has 0 unspecified atom stereocenters. The van der Waals surface area contributed by atoms with Gasteiger partial charge in [0.1, 0.15) is 11.9 Å². The number of anilines is 1. The normalized spacial score (nSPS) is 9.18. The highest BCUT2D eigenvalue weighted by Gasteiger charge is 2.05. The second kappa shape index (κ2) is 2.77. The molecule has 0 aromatic carbocycles. The number of aromatic nitrogens is 1. The van der Waals surface area contributed by atoms with Gasteiger partial charge in [-0.15, -0.1) is 0 Å². The maximum absolute atomic E-state index is 8.60. The third kappa shape index (κ3) is 1.26. The SMILES string of the molecule is Cc1c(Cl)cnc(N)c1C#N. The molecule has 1 heterocycles. The second-order valence-electron chi connectivity index (χ2n) is 2.10. The van der Waals surface area contributed by atoms with E-state index in [0.717, 1.165) is 0 Å². The molecular weight excluding hydrogens is 162 g/mol. The third-order valence-corrected chi connectivity index (χ3v) is 1.80. The van der Waals surface area contributed by atoms with Crippen LogP contribution in [0.2, 0.25) is 5.02 Å². The summed E-state index contributed by atoms with van der Waals surface area (Å²) in [5.74, 6) is 0.231. The molecule has 0 aliphatic heterocycles. The van der Waals surface area contributed by atoms with Crippen molar-refractivity contribution < 1.29 is 0 Å². The minimum absolute atomic E-state index is 0.231. The fraction of sp³-hybridized carbons (Fsp3) is 0.143. The topological polar surface area (TPSA) is 62.7 Å². The van der Waals surface area contributed by atoms with Crippen molar-refractivity contribution in [3.8, 4) is 6.07 Å². The first kappa shape index (κ1) is 7.83. The number of hydrogen-bond donors (Lipinski definition) is 1. The minimum Gasteiger partial charge on any atom is -0.383 e. The zero-order valence-electron chi connectivity index (χ0n) is 5.93. The molecule has 0 fully saturated rings. The highest BCUT2D eigenvalue weighted by molar-refractivity contribution is 6.31. The molecule has 1 aromatic heterocycles. The highest BCUT2D eigenvalue weighted by Crippen LogP contribution is 2.20. The molecule has 0 saturated heterocycles. The number of nitrogens with zero attached hydrogens (tertiary/aromatic N) is 2. The zero-order valence-corrected chi connectivity index (χ0v) is 6.68. The van der Waals surface area contributed by atoms with Gasteiger partial charge in [0, 0.05) is 6.20 Å². The Morgan fingerprint density at radius 3 is 2.82 bits per heavy atom. The maximum Gasteiger partial charge on any atom is 0.141 e. The molecule has 0 radical (unpaired) electrons. The van der Waals surface area contributed by atoms with E-state index in [1.807, 2.05) is 6.07 Å². The standard InChI is InChI=1S/C7H6ClN3/c1-4-5(2-9)7(10)11-3-6(4)8/h3H,1H3,(H2,10,11). The Morgan fingerprint density at radius 2 is 2.36 bits per heavy atom. The zero-order chi connectivity index (χ0) is 8.43. The van der Waals surface area contributed by atoms with Crippen LogP contribution in [-0.4, -0.2) is 4.98 Å². The highest BCUT2D eigenvalue weighted by atomic mass is 35.5. The average molecular weight is 168 g/mol. The molecule has 0 amide bonds. The summed E-state index contributed by atoms with van der Waals surface area (Å²) in [4.78, 5) is 3.73. The number of nitrogen functional groups attached to an aromatic ring is 1. The quantitative estimate of drug-likeness (QED) is 0.637. The van der Waals surface area contributed by atoms with E-state index in [4.69, 9.17) is 22.6 Å². The van der Waals surface area contributed by atoms with E-state index in [9.17, 15) is 0 Å². The first-order chi connectivity index (χ1) is 5.16. The number of rotatable bonds is 0. The molecular formula is C7H6ClN3. The molecule has 56 valence electrons. The minimum atomic E-state index is 0.231. The summed E-state index contributed by atoms with van der Waals surface area (Å²) in [6.45, 7) is 1.74. The summed E-state index contributed by atoms with van der Waals surface area (Å²) in [5, 5.41) is 9.06. The monoisotopic (exact) mass is 167 g/mol. The van der Waals surface area contributed by atoms with Crippen LogP contribution in [0.25, 0.3) is 0 Å². The van der Waals surface area contributed by atoms with Gasteiger partial charge >= 0.3 is 0 Å². The number of pyridine rings is 1. The van der Waals surface area contributed by atoms with Crippen LogP contribution in [0.5, 0.6) is 0 Å². The van der Waals surface area contributed by atoms with Crippen LogP contribution < -0.4 is 5.73 Å². The molecule has 0 atom stereocenters. The van der Waals surface area contributed by atoms with Crippen molar-refractivity contribution in [2.75, 3.05) is 5.73 Å². The van der Waals surface area contributed by atoms with Crippen molar-refractivity contribution in [2.45, 2.75) is 6.92 Å². The van der Waals surface area contributed by atoms with Gasteiger partial charge in [0.15, 0.2) is 0 Å². The van der Waals surface area contributed by atoms with Gasteiger partial charge in [0.05, 0.1) is 10.6 Å². The summed E-state index contributed by atoms with van der Waals surface area (Å²) in [7, 11) is 0. The molecule has 4 heteroatoms. The van der Waals surface area contributed by atoms with Gasteiger partial charge in [-0.1, -0.05) is 11.6 Å². The predicted molar refractivity (Wildman–Crippen MR) is 43.1 cm³/mol. The Balaban J connectivity index is 3.44. The summed E-state index contributed by atoms with van der Waals surface area (Å²) in [6.07, 6.45) is 1.44. The Labute approximate surface area is 69.4 Å². The van der Waals surface area contributed by atoms with Crippen LogP contribution >= 0.6 is 11.6 Å². The number of halogens is 1. The Kier molecular flexibility index (Phi) is 1.97. The smallest absolute Gasteiger partial charge is 0.141 e. The first-order valence-electron chi connectivity index (χ1n) is 2.97. The van der Waals surface area contributed by atoms with Gasteiger partial charge in [-0.2, -0.15) is 5.26 Å². The van der Waals surface area contributed by atoms with E-state index in [1.165, 1.54) is 6.20 Å². The molecule has 3 nitrogen and oxygen atoms in total. The van der Waals surface area contributed by atoms with Crippen molar-refractivity contribution in [3.05, 3.63) is 22.3 Å². The lowest BCUT2D eigenvalue weighted by Gasteiger charge is -2.00. The maximum atomic E-state index is 8.60. The van der Waals surface area contributed by atoms with Gasteiger partial charge in [-0.25, -0.2) is 4.98 Å². The van der Waals surface area contributed by atoms with Gasteiger partial charge in [-0.05, 0) is 12.5 Å². The average Bonchev–Trinajstić information content (AvgIpc) is 1.99. The summed E-state index contributed by atoms with van der Waals surface area (Å²) in [6, 6.07) is 1.93. The molecule has 0 saturated carbocycles. The van der Waals surface area contributed by atoms with Crippen LogP contribution in [0.4, 0.5) is 5.82 Å². The Hall–Kier alpha value is -1.27. The summed E-state index contributed by atoms with van der Waals surface area (Å²) < 4.78 is 0. The number of nitrogens with two attached hydrogens (primary N) is 1. The second-order valence-corrected chi connectivity index (χ2v) is 2.51. The Morgan fingerprint density at radius 1 is 1.73 bits per heavy atom. The first-order valence-corrected chi connectivity index (χ1v) is 3.35. The molecule has 1 aromatic rings. The van der Waals surface area contributed by atoms with E-state index in [1.54, 1.807) is 6.92 Å². The van der Waals surface area contributed by atoms with Gasteiger partial charge in [-0.3, -0.25) is 0 Å². The summed E-state index contributed by atoms with van der Waals surface area (Å²) in [5.41, 5.74) is 6.45. The number of hydrogen-bond acceptors (Lipinski definition) is 3. The lowest BCUT2D eigenvalue weighted by atomic mass is 10.1. The van der Waals surface area contributed by atoms with Crippen LogP contribution in [-0.2, 0) is 0 Å². The van der Waals surface area contributed by atoms with Gasteiger partial charge < -0.3 is 5.73 Å². The molecule has 0 aliphatic rings. The van der Waals surface area contributed by atoms with Crippen LogP contribution in [0.1, 0.15) is 11.1 Å². The largest absolute Gasteiger partial charge is 0.383 e. The molecule has 11 heavy (non-hydrogen) atoms.